The number of carbonyl (C=O) groups is 1. The molecule has 0 spiro atoms. The summed E-state index contributed by atoms with van der Waals surface area (Å²) in [5.74, 6) is 2.09. The van der Waals surface area contributed by atoms with E-state index in [0.29, 0.717) is 24.7 Å². The molecule has 1 saturated heterocycles. The van der Waals surface area contributed by atoms with Crippen LogP contribution in [0.2, 0.25) is 0 Å². The van der Waals surface area contributed by atoms with Crippen LogP contribution < -0.4 is 19.1 Å². The maximum atomic E-state index is 13.5. The second-order valence-electron chi connectivity index (χ2n) is 8.74. The lowest BCUT2D eigenvalue weighted by molar-refractivity contribution is 0.0998. The number of benzene rings is 2. The minimum absolute atomic E-state index is 0.00622. The molecular weight excluding hydrogens is 418 g/mol. The molecule has 33 heavy (non-hydrogen) atoms. The molecule has 3 aromatic rings. The molecule has 7 nitrogen and oxygen atoms in total. The normalized spacial score (nSPS) is 16.3. The number of aryl methyl sites for hydroxylation is 1. The van der Waals surface area contributed by atoms with Crippen molar-refractivity contribution >= 4 is 22.5 Å². The third-order valence-corrected chi connectivity index (χ3v) is 6.87. The second-order valence-corrected chi connectivity index (χ2v) is 8.74. The fourth-order valence-electron chi connectivity index (χ4n) is 5.01. The molecule has 0 aliphatic carbocycles. The Bertz CT molecular complexity index is 1180. The minimum atomic E-state index is -0.00622. The highest BCUT2D eigenvalue weighted by Gasteiger charge is 2.34. The van der Waals surface area contributed by atoms with Crippen LogP contribution >= 0.6 is 0 Å². The lowest BCUT2D eigenvalue weighted by Crippen LogP contribution is -2.33. The van der Waals surface area contributed by atoms with E-state index in [1.807, 2.05) is 43.4 Å². The molecule has 0 N–H and O–H groups in total. The van der Waals surface area contributed by atoms with Gasteiger partial charge in [0, 0.05) is 36.2 Å². The Balaban J connectivity index is 1.38. The molecular formula is C26H31N3O4. The Morgan fingerprint density at radius 1 is 0.939 bits per heavy atom. The largest absolute Gasteiger partial charge is 0.497 e. The van der Waals surface area contributed by atoms with Crippen LogP contribution in [0.3, 0.4) is 0 Å². The molecule has 0 unspecified atom stereocenters. The first-order chi connectivity index (χ1) is 16.1. The van der Waals surface area contributed by atoms with Gasteiger partial charge in [-0.1, -0.05) is 6.42 Å². The van der Waals surface area contributed by atoms with Crippen LogP contribution in [0.4, 0.5) is 5.69 Å². The van der Waals surface area contributed by atoms with Crippen LogP contribution in [0.5, 0.6) is 17.2 Å². The van der Waals surface area contributed by atoms with Crippen molar-refractivity contribution in [1.82, 2.24) is 9.47 Å². The van der Waals surface area contributed by atoms with Crippen molar-refractivity contribution in [2.45, 2.75) is 25.8 Å². The van der Waals surface area contributed by atoms with E-state index in [1.165, 1.54) is 19.3 Å². The van der Waals surface area contributed by atoms with E-state index >= 15 is 0 Å². The number of hydrogen-bond acceptors (Lipinski definition) is 5. The molecule has 0 radical (unpaired) electrons. The third-order valence-electron chi connectivity index (χ3n) is 6.87. The summed E-state index contributed by atoms with van der Waals surface area (Å²) in [5, 5.41) is 0.922. The van der Waals surface area contributed by atoms with Crippen molar-refractivity contribution in [2.24, 2.45) is 7.05 Å². The first kappa shape index (κ1) is 21.6. The summed E-state index contributed by atoms with van der Waals surface area (Å²) in [6.45, 7) is 4.29. The minimum Gasteiger partial charge on any atom is -0.497 e. The smallest absolute Gasteiger partial charge is 0.261 e. The summed E-state index contributed by atoms with van der Waals surface area (Å²) in [6, 6.07) is 11.6. The monoisotopic (exact) mass is 449 g/mol. The zero-order valence-corrected chi connectivity index (χ0v) is 19.6. The van der Waals surface area contributed by atoms with Gasteiger partial charge in [0.05, 0.1) is 32.0 Å². The highest BCUT2D eigenvalue weighted by atomic mass is 16.5. The van der Waals surface area contributed by atoms with E-state index in [1.54, 1.807) is 19.1 Å². The molecule has 5 rings (SSSR count). The molecule has 0 saturated carbocycles. The summed E-state index contributed by atoms with van der Waals surface area (Å²) < 4.78 is 19.1. The number of carbonyl (C=O) groups excluding carboxylic acids is 1. The summed E-state index contributed by atoms with van der Waals surface area (Å²) in [6.07, 6.45) is 3.84. The average Bonchev–Trinajstić information content (AvgIpc) is 3.34. The van der Waals surface area contributed by atoms with Crippen molar-refractivity contribution in [3.8, 4) is 17.2 Å². The number of rotatable bonds is 7. The highest BCUT2D eigenvalue weighted by molar-refractivity contribution is 6.18. The SMILES string of the molecule is COc1ccc2c(c1)c1c(n2C)CN(c2ccc(OC)c(OCCN3CCCCC3)c2)C1=O. The van der Waals surface area contributed by atoms with E-state index in [0.717, 1.165) is 53.2 Å². The van der Waals surface area contributed by atoms with Crippen LogP contribution in [-0.2, 0) is 13.6 Å². The van der Waals surface area contributed by atoms with Crippen molar-refractivity contribution in [2.75, 3.05) is 45.4 Å². The number of methoxy groups -OCH3 is 2. The standard InChI is InChI=1S/C26H31N3O4/c1-27-21-9-8-19(31-2)16-20(21)25-22(27)17-29(26(25)30)18-7-10-23(32-3)24(15-18)33-14-13-28-11-5-4-6-12-28/h7-10,15-16H,4-6,11-14,17H2,1-3H3. The Hall–Kier alpha value is -3.19. The number of anilines is 1. The van der Waals surface area contributed by atoms with Crippen molar-refractivity contribution in [3.63, 3.8) is 0 Å². The maximum absolute atomic E-state index is 13.5. The Labute approximate surface area is 194 Å². The zero-order chi connectivity index (χ0) is 22.9. The fraction of sp³-hybridized carbons (Fsp3) is 0.423. The number of hydrogen-bond donors (Lipinski definition) is 0. The summed E-state index contributed by atoms with van der Waals surface area (Å²) in [7, 11) is 5.29. The first-order valence-corrected chi connectivity index (χ1v) is 11.6. The quantitative estimate of drug-likeness (QED) is 0.541. The number of nitrogens with zero attached hydrogens (tertiary/aromatic N) is 3. The molecule has 1 fully saturated rings. The van der Waals surface area contributed by atoms with Crippen molar-refractivity contribution < 1.29 is 19.0 Å². The van der Waals surface area contributed by atoms with Gasteiger partial charge in [0.25, 0.3) is 5.91 Å². The maximum Gasteiger partial charge on any atom is 0.261 e. The first-order valence-electron chi connectivity index (χ1n) is 11.6. The Morgan fingerprint density at radius 2 is 1.76 bits per heavy atom. The molecule has 174 valence electrons. The van der Waals surface area contributed by atoms with Crippen LogP contribution in [0.1, 0.15) is 35.3 Å². The van der Waals surface area contributed by atoms with Crippen LogP contribution in [-0.4, -0.2) is 55.8 Å². The number of ether oxygens (including phenoxy) is 3. The second kappa shape index (κ2) is 8.98. The van der Waals surface area contributed by atoms with Gasteiger partial charge in [-0.2, -0.15) is 0 Å². The van der Waals surface area contributed by atoms with E-state index in [4.69, 9.17) is 14.2 Å². The van der Waals surface area contributed by atoms with Crippen LogP contribution in [0.25, 0.3) is 10.9 Å². The molecule has 1 aromatic heterocycles. The van der Waals surface area contributed by atoms with Gasteiger partial charge >= 0.3 is 0 Å². The van der Waals surface area contributed by atoms with E-state index < -0.39 is 0 Å². The molecule has 2 aromatic carbocycles. The lowest BCUT2D eigenvalue weighted by atomic mass is 10.1. The van der Waals surface area contributed by atoms with Crippen molar-refractivity contribution in [1.29, 1.82) is 0 Å². The van der Waals surface area contributed by atoms with Crippen molar-refractivity contribution in [3.05, 3.63) is 47.7 Å². The summed E-state index contributed by atoms with van der Waals surface area (Å²) in [4.78, 5) is 17.8. The fourth-order valence-corrected chi connectivity index (χ4v) is 5.01. The van der Waals surface area contributed by atoms with Gasteiger partial charge < -0.3 is 23.7 Å². The van der Waals surface area contributed by atoms with Gasteiger partial charge in [-0.3, -0.25) is 9.69 Å². The number of piperidine rings is 1. The summed E-state index contributed by atoms with van der Waals surface area (Å²) >= 11 is 0. The predicted octanol–water partition coefficient (Wildman–Crippen LogP) is 4.22. The lowest BCUT2D eigenvalue weighted by Gasteiger charge is -2.26. The van der Waals surface area contributed by atoms with Gasteiger partial charge in [0.15, 0.2) is 11.5 Å². The summed E-state index contributed by atoms with van der Waals surface area (Å²) in [5.41, 5.74) is 3.59. The molecule has 0 bridgehead atoms. The molecule has 1 amide bonds. The molecule has 7 heteroatoms. The third kappa shape index (κ3) is 3.91. The predicted molar refractivity (Wildman–Crippen MR) is 129 cm³/mol. The number of aromatic nitrogens is 1. The van der Waals surface area contributed by atoms with Crippen LogP contribution in [0, 0.1) is 0 Å². The van der Waals surface area contributed by atoms with Gasteiger partial charge in [-0.15, -0.1) is 0 Å². The number of fused-ring (bicyclic) bond motifs is 3. The number of amides is 1. The average molecular weight is 450 g/mol. The number of likely N-dealkylation sites (tertiary alicyclic amines) is 1. The zero-order valence-electron chi connectivity index (χ0n) is 19.6. The van der Waals surface area contributed by atoms with Gasteiger partial charge in [-0.05, 0) is 56.3 Å². The van der Waals surface area contributed by atoms with Gasteiger partial charge in [0.1, 0.15) is 12.4 Å². The molecule has 3 heterocycles. The molecule has 0 atom stereocenters. The van der Waals surface area contributed by atoms with E-state index in [2.05, 4.69) is 9.47 Å². The van der Waals surface area contributed by atoms with E-state index in [-0.39, 0.29) is 5.91 Å². The molecule has 2 aliphatic heterocycles. The molecule has 2 aliphatic rings. The Kier molecular flexibility index (Phi) is 5.89. The van der Waals surface area contributed by atoms with Crippen LogP contribution in [0.15, 0.2) is 36.4 Å². The van der Waals surface area contributed by atoms with Gasteiger partial charge in [-0.25, -0.2) is 0 Å². The highest BCUT2D eigenvalue weighted by Crippen LogP contribution is 2.39. The van der Waals surface area contributed by atoms with Gasteiger partial charge in [0.2, 0.25) is 0 Å². The Morgan fingerprint density at radius 3 is 2.52 bits per heavy atom. The topological polar surface area (TPSA) is 56.2 Å². The van der Waals surface area contributed by atoms with E-state index in [9.17, 15) is 4.79 Å².